The molecule has 2 heterocycles. The van der Waals surface area contributed by atoms with Crippen molar-refractivity contribution in [3.05, 3.63) is 63.7 Å². The number of carbonyl (C=O) groups excluding carboxylic acids is 1. The summed E-state index contributed by atoms with van der Waals surface area (Å²) in [5.41, 5.74) is 2.90. The molecule has 112 valence electrons. The number of aromatic amines is 1. The number of aryl methyl sites for hydroxylation is 2. The van der Waals surface area contributed by atoms with E-state index in [-0.39, 0.29) is 11.5 Å². The number of hydrogen-bond acceptors (Lipinski definition) is 3. The van der Waals surface area contributed by atoms with E-state index in [9.17, 15) is 9.59 Å². The fourth-order valence-corrected chi connectivity index (χ4v) is 2.29. The summed E-state index contributed by atoms with van der Waals surface area (Å²) in [6.07, 6.45) is 2.43. The normalized spacial score (nSPS) is 10.8. The molecule has 2 N–H and O–H groups in total. The van der Waals surface area contributed by atoms with Crippen LogP contribution >= 0.6 is 0 Å². The van der Waals surface area contributed by atoms with Gasteiger partial charge in [-0.05, 0) is 31.0 Å². The van der Waals surface area contributed by atoms with Crippen LogP contribution in [0.5, 0.6) is 0 Å². The zero-order valence-corrected chi connectivity index (χ0v) is 12.4. The van der Waals surface area contributed by atoms with E-state index in [0.29, 0.717) is 22.6 Å². The lowest BCUT2D eigenvalue weighted by Crippen LogP contribution is -2.16. The molecule has 0 unspecified atom stereocenters. The molecule has 22 heavy (non-hydrogen) atoms. The van der Waals surface area contributed by atoms with Crippen molar-refractivity contribution in [3.8, 4) is 0 Å². The number of aromatic nitrogens is 3. The molecule has 1 aromatic carbocycles. The molecular formula is C16H16N4O2. The van der Waals surface area contributed by atoms with E-state index in [1.165, 1.54) is 22.3 Å². The number of fused-ring (bicyclic) bond motifs is 1. The van der Waals surface area contributed by atoms with Gasteiger partial charge in [0.05, 0.1) is 0 Å². The van der Waals surface area contributed by atoms with Gasteiger partial charge in [0.2, 0.25) is 0 Å². The number of carbonyl (C=O) groups is 1. The van der Waals surface area contributed by atoms with E-state index in [2.05, 4.69) is 22.3 Å². The number of amides is 1. The fourth-order valence-electron chi connectivity index (χ4n) is 2.29. The number of nitrogens with one attached hydrogen (secondary N) is 2. The maximum atomic E-state index is 12.4. The number of anilines is 1. The molecule has 0 saturated heterocycles. The molecule has 6 nitrogen and oxygen atoms in total. The molecule has 0 aliphatic carbocycles. The minimum Gasteiger partial charge on any atom is -0.322 e. The minimum atomic E-state index is -0.305. The number of benzene rings is 1. The predicted molar refractivity (Wildman–Crippen MR) is 84.3 cm³/mol. The van der Waals surface area contributed by atoms with E-state index in [0.717, 1.165) is 6.42 Å². The first-order valence-corrected chi connectivity index (χ1v) is 7.06. The second kappa shape index (κ2) is 5.48. The first-order chi connectivity index (χ1) is 10.6. The van der Waals surface area contributed by atoms with Gasteiger partial charge in [0.15, 0.2) is 5.65 Å². The number of H-pyrrole nitrogens is 1. The van der Waals surface area contributed by atoms with Gasteiger partial charge in [-0.25, -0.2) is 9.50 Å². The van der Waals surface area contributed by atoms with Gasteiger partial charge in [0.1, 0.15) is 5.56 Å². The molecular weight excluding hydrogens is 280 g/mol. The Hall–Kier alpha value is -2.89. The Morgan fingerprint density at radius 2 is 2.05 bits per heavy atom. The highest BCUT2D eigenvalue weighted by Gasteiger charge is 2.15. The van der Waals surface area contributed by atoms with Crippen LogP contribution in [0.25, 0.3) is 5.65 Å². The van der Waals surface area contributed by atoms with Crippen LogP contribution in [0, 0.1) is 6.92 Å². The Morgan fingerprint density at radius 3 is 2.73 bits per heavy atom. The van der Waals surface area contributed by atoms with Crippen molar-refractivity contribution in [1.29, 1.82) is 0 Å². The summed E-state index contributed by atoms with van der Waals surface area (Å²) in [7, 11) is 0. The molecule has 3 rings (SSSR count). The zero-order chi connectivity index (χ0) is 15.7. The van der Waals surface area contributed by atoms with Gasteiger partial charge in [0.25, 0.3) is 11.5 Å². The van der Waals surface area contributed by atoms with Gasteiger partial charge in [0, 0.05) is 23.6 Å². The fraction of sp³-hybridized carbons (Fsp3) is 0.188. The van der Waals surface area contributed by atoms with Crippen LogP contribution in [0.1, 0.15) is 28.5 Å². The van der Waals surface area contributed by atoms with Crippen LogP contribution < -0.4 is 10.9 Å². The highest BCUT2D eigenvalue weighted by molar-refractivity contribution is 6.08. The summed E-state index contributed by atoms with van der Waals surface area (Å²) < 4.78 is 1.25. The highest BCUT2D eigenvalue weighted by atomic mass is 16.2. The zero-order valence-electron chi connectivity index (χ0n) is 12.4. The summed E-state index contributed by atoms with van der Waals surface area (Å²) in [6, 6.07) is 9.07. The molecule has 0 atom stereocenters. The topological polar surface area (TPSA) is 79.3 Å². The average molecular weight is 296 g/mol. The molecule has 0 fully saturated rings. The molecule has 0 spiro atoms. The molecule has 6 heteroatoms. The summed E-state index contributed by atoms with van der Waals surface area (Å²) in [6.45, 7) is 3.80. The van der Waals surface area contributed by atoms with Gasteiger partial charge < -0.3 is 5.32 Å². The third kappa shape index (κ3) is 2.50. The molecule has 3 aromatic rings. The van der Waals surface area contributed by atoms with Crippen LogP contribution in [0.2, 0.25) is 0 Å². The van der Waals surface area contributed by atoms with Crippen molar-refractivity contribution in [1.82, 2.24) is 14.6 Å². The lowest BCUT2D eigenvalue weighted by atomic mass is 10.1. The Morgan fingerprint density at radius 1 is 1.32 bits per heavy atom. The van der Waals surface area contributed by atoms with E-state index in [1.807, 2.05) is 24.3 Å². The van der Waals surface area contributed by atoms with Crippen LogP contribution in [0.15, 0.2) is 41.3 Å². The molecule has 0 bridgehead atoms. The van der Waals surface area contributed by atoms with E-state index in [1.54, 1.807) is 6.92 Å². The summed E-state index contributed by atoms with van der Waals surface area (Å²) in [4.78, 5) is 28.5. The maximum Gasteiger partial charge on any atom is 0.272 e. The van der Waals surface area contributed by atoms with E-state index < -0.39 is 0 Å². The molecule has 0 saturated carbocycles. The van der Waals surface area contributed by atoms with Crippen molar-refractivity contribution in [2.24, 2.45) is 0 Å². The maximum absolute atomic E-state index is 12.4. The Kier molecular flexibility index (Phi) is 3.50. The Bertz CT molecular complexity index is 891. The summed E-state index contributed by atoms with van der Waals surface area (Å²) >= 11 is 0. The smallest absolute Gasteiger partial charge is 0.272 e. The first-order valence-electron chi connectivity index (χ1n) is 7.06. The molecule has 0 aliphatic rings. The third-order valence-corrected chi connectivity index (χ3v) is 3.49. The summed E-state index contributed by atoms with van der Waals surface area (Å²) in [5.74, 6) is -0.305. The van der Waals surface area contributed by atoms with Gasteiger partial charge in [-0.15, -0.1) is 0 Å². The lowest BCUT2D eigenvalue weighted by Gasteiger charge is -2.05. The van der Waals surface area contributed by atoms with Crippen molar-refractivity contribution >= 4 is 17.2 Å². The Balaban J connectivity index is 1.93. The van der Waals surface area contributed by atoms with Crippen LogP contribution in [-0.4, -0.2) is 20.5 Å². The Labute approximate surface area is 126 Å². The largest absolute Gasteiger partial charge is 0.322 e. The third-order valence-electron chi connectivity index (χ3n) is 3.49. The number of nitrogens with zero attached hydrogens (tertiary/aromatic N) is 2. The first kappa shape index (κ1) is 14.1. The number of hydrogen-bond donors (Lipinski definition) is 2. The number of rotatable bonds is 3. The quantitative estimate of drug-likeness (QED) is 0.777. The predicted octanol–water partition coefficient (Wildman–Crippen LogP) is 2.15. The average Bonchev–Trinajstić information content (AvgIpc) is 2.92. The molecule has 1 amide bonds. The lowest BCUT2D eigenvalue weighted by molar-refractivity contribution is 0.102. The van der Waals surface area contributed by atoms with E-state index in [4.69, 9.17) is 0 Å². The second-order valence-corrected chi connectivity index (χ2v) is 5.09. The van der Waals surface area contributed by atoms with Gasteiger partial charge in [-0.1, -0.05) is 19.1 Å². The van der Waals surface area contributed by atoms with Crippen molar-refractivity contribution in [3.63, 3.8) is 0 Å². The molecule has 0 aliphatic heterocycles. The molecule has 2 aromatic heterocycles. The standard InChI is InChI=1S/C16H16N4O2/c1-3-11-4-6-12(7-5-11)19-16(22)13-9-17-20-14(21)8-10(2)18-15(13)20/h4-9,17H,3H2,1-2H3,(H,19,22). The van der Waals surface area contributed by atoms with Crippen molar-refractivity contribution in [2.75, 3.05) is 5.32 Å². The minimum absolute atomic E-state index is 0.242. The van der Waals surface area contributed by atoms with Gasteiger partial charge in [-0.3, -0.25) is 14.7 Å². The van der Waals surface area contributed by atoms with Gasteiger partial charge >= 0.3 is 0 Å². The molecule has 0 radical (unpaired) electrons. The highest BCUT2D eigenvalue weighted by Crippen LogP contribution is 2.13. The monoisotopic (exact) mass is 296 g/mol. The van der Waals surface area contributed by atoms with E-state index >= 15 is 0 Å². The second-order valence-electron chi connectivity index (χ2n) is 5.09. The summed E-state index contributed by atoms with van der Waals surface area (Å²) in [5, 5.41) is 5.56. The van der Waals surface area contributed by atoms with Crippen molar-refractivity contribution < 1.29 is 4.79 Å². The van der Waals surface area contributed by atoms with Crippen LogP contribution in [-0.2, 0) is 6.42 Å². The SMILES string of the molecule is CCc1ccc(NC(=O)c2c[nH]n3c(=O)cc(C)nc23)cc1. The van der Waals surface area contributed by atoms with Crippen LogP contribution in [0.3, 0.4) is 0 Å². The van der Waals surface area contributed by atoms with Crippen molar-refractivity contribution in [2.45, 2.75) is 20.3 Å². The van der Waals surface area contributed by atoms with Crippen LogP contribution in [0.4, 0.5) is 5.69 Å². The van der Waals surface area contributed by atoms with Gasteiger partial charge in [-0.2, -0.15) is 0 Å².